The van der Waals surface area contributed by atoms with Crippen molar-refractivity contribution < 1.29 is 8.78 Å². The standard InChI is InChI=1S/C23H34F2N6/c1-4-22(20-8-7-19(24)17-21(20)25)30-13-15-31(16-14-30)23(26-3)28-9-5-6-11-29-12-10-27-18(29)2/h7-8,10,12,17,22H,4-6,9,11,13-16H2,1-3H3,(H,26,28). The van der Waals surface area contributed by atoms with E-state index in [-0.39, 0.29) is 6.04 Å². The van der Waals surface area contributed by atoms with Crippen molar-refractivity contribution in [2.75, 3.05) is 39.8 Å². The Morgan fingerprint density at radius 1 is 1.19 bits per heavy atom. The predicted octanol–water partition coefficient (Wildman–Crippen LogP) is 3.59. The first kappa shape index (κ1) is 23.2. The van der Waals surface area contributed by atoms with E-state index in [2.05, 4.69) is 29.7 Å². The average Bonchev–Trinajstić information content (AvgIpc) is 3.18. The summed E-state index contributed by atoms with van der Waals surface area (Å²) < 4.78 is 29.8. The van der Waals surface area contributed by atoms with Gasteiger partial charge in [-0.25, -0.2) is 13.8 Å². The Balaban J connectivity index is 1.45. The van der Waals surface area contributed by atoms with Crippen molar-refractivity contribution in [1.29, 1.82) is 0 Å². The fourth-order valence-corrected chi connectivity index (χ4v) is 4.27. The van der Waals surface area contributed by atoms with Crippen molar-refractivity contribution in [3.05, 3.63) is 53.6 Å². The number of hydrogen-bond donors (Lipinski definition) is 1. The second-order valence-electron chi connectivity index (χ2n) is 7.96. The Hall–Kier alpha value is -2.48. The summed E-state index contributed by atoms with van der Waals surface area (Å²) in [6.45, 7) is 9.20. The Morgan fingerprint density at radius 2 is 1.97 bits per heavy atom. The molecule has 8 heteroatoms. The lowest BCUT2D eigenvalue weighted by molar-refractivity contribution is 0.124. The van der Waals surface area contributed by atoms with E-state index in [0.29, 0.717) is 5.56 Å². The third-order valence-electron chi connectivity index (χ3n) is 6.01. The molecule has 1 aliphatic heterocycles. The fourth-order valence-electron chi connectivity index (χ4n) is 4.27. The molecule has 1 aromatic carbocycles. The van der Waals surface area contributed by atoms with Crippen LogP contribution in [0.2, 0.25) is 0 Å². The molecule has 0 saturated carbocycles. The second-order valence-corrected chi connectivity index (χ2v) is 7.96. The van der Waals surface area contributed by atoms with Crippen LogP contribution in [0.5, 0.6) is 0 Å². The molecule has 170 valence electrons. The number of guanidine groups is 1. The number of piperazine rings is 1. The molecule has 0 aliphatic carbocycles. The van der Waals surface area contributed by atoms with Crippen LogP contribution in [0.4, 0.5) is 8.78 Å². The lowest BCUT2D eigenvalue weighted by Gasteiger charge is -2.40. The summed E-state index contributed by atoms with van der Waals surface area (Å²) in [5, 5.41) is 3.47. The minimum Gasteiger partial charge on any atom is -0.356 e. The van der Waals surface area contributed by atoms with E-state index in [0.717, 1.165) is 76.4 Å². The number of nitrogens with one attached hydrogen (secondary N) is 1. The number of nitrogens with zero attached hydrogens (tertiary/aromatic N) is 5. The van der Waals surface area contributed by atoms with Gasteiger partial charge < -0.3 is 14.8 Å². The topological polar surface area (TPSA) is 48.7 Å². The molecule has 2 aromatic rings. The van der Waals surface area contributed by atoms with Gasteiger partial charge in [0.25, 0.3) is 0 Å². The minimum atomic E-state index is -0.532. The van der Waals surface area contributed by atoms with Gasteiger partial charge in [-0.2, -0.15) is 0 Å². The molecule has 1 atom stereocenters. The maximum atomic E-state index is 14.3. The van der Waals surface area contributed by atoms with Crippen molar-refractivity contribution in [2.45, 2.75) is 45.7 Å². The van der Waals surface area contributed by atoms with E-state index in [9.17, 15) is 8.78 Å². The predicted molar refractivity (Wildman–Crippen MR) is 120 cm³/mol. The fraction of sp³-hybridized carbons (Fsp3) is 0.565. The largest absolute Gasteiger partial charge is 0.356 e. The molecule has 2 heterocycles. The van der Waals surface area contributed by atoms with Gasteiger partial charge in [0.1, 0.15) is 17.5 Å². The molecule has 31 heavy (non-hydrogen) atoms. The van der Waals surface area contributed by atoms with Crippen molar-refractivity contribution in [3.8, 4) is 0 Å². The number of unbranched alkanes of at least 4 members (excludes halogenated alkanes) is 1. The second kappa shape index (κ2) is 11.2. The third kappa shape index (κ3) is 6.03. The highest BCUT2D eigenvalue weighted by Crippen LogP contribution is 2.28. The van der Waals surface area contributed by atoms with Crippen LogP contribution in [0.15, 0.2) is 35.6 Å². The number of benzene rings is 1. The number of hydrogen-bond acceptors (Lipinski definition) is 3. The van der Waals surface area contributed by atoms with Crippen LogP contribution in [-0.2, 0) is 6.54 Å². The molecule has 1 aliphatic rings. The van der Waals surface area contributed by atoms with Crippen LogP contribution in [0.1, 0.15) is 43.6 Å². The van der Waals surface area contributed by atoms with Crippen LogP contribution in [-0.4, -0.2) is 65.1 Å². The molecule has 3 rings (SSSR count). The maximum absolute atomic E-state index is 14.3. The van der Waals surface area contributed by atoms with Crippen molar-refractivity contribution in [1.82, 2.24) is 24.7 Å². The van der Waals surface area contributed by atoms with Gasteiger partial charge in [-0.1, -0.05) is 13.0 Å². The summed E-state index contributed by atoms with van der Waals surface area (Å²) in [4.78, 5) is 13.2. The Bertz CT molecular complexity index is 858. The van der Waals surface area contributed by atoms with Gasteiger partial charge in [0.05, 0.1) is 0 Å². The van der Waals surface area contributed by atoms with E-state index in [1.165, 1.54) is 6.07 Å². The Morgan fingerprint density at radius 3 is 2.58 bits per heavy atom. The average molecular weight is 433 g/mol. The SMILES string of the molecule is CCC(c1ccc(F)cc1F)N1CCN(C(=NC)NCCCCn2ccnc2C)CC1. The number of rotatable bonds is 8. The zero-order chi connectivity index (χ0) is 22.2. The van der Waals surface area contributed by atoms with Crippen LogP contribution in [0, 0.1) is 18.6 Å². The smallest absolute Gasteiger partial charge is 0.193 e. The van der Waals surface area contributed by atoms with Gasteiger partial charge in [0.2, 0.25) is 0 Å². The number of halogens is 2. The zero-order valence-corrected chi connectivity index (χ0v) is 18.8. The third-order valence-corrected chi connectivity index (χ3v) is 6.01. The van der Waals surface area contributed by atoms with E-state index in [4.69, 9.17) is 0 Å². The quantitative estimate of drug-likeness (QED) is 0.393. The highest BCUT2D eigenvalue weighted by molar-refractivity contribution is 5.79. The molecule has 1 unspecified atom stereocenters. The molecule has 1 saturated heterocycles. The van der Waals surface area contributed by atoms with E-state index >= 15 is 0 Å². The molecule has 0 radical (unpaired) electrons. The van der Waals surface area contributed by atoms with Gasteiger partial charge in [0, 0.05) is 76.4 Å². The van der Waals surface area contributed by atoms with E-state index in [1.807, 2.05) is 33.3 Å². The molecule has 1 N–H and O–H groups in total. The summed E-state index contributed by atoms with van der Waals surface area (Å²) in [6, 6.07) is 3.87. The Kier molecular flexibility index (Phi) is 8.40. The molecular weight excluding hydrogens is 398 g/mol. The maximum Gasteiger partial charge on any atom is 0.193 e. The summed E-state index contributed by atoms with van der Waals surface area (Å²) in [7, 11) is 1.81. The van der Waals surface area contributed by atoms with Crippen LogP contribution < -0.4 is 5.32 Å². The van der Waals surface area contributed by atoms with Crippen LogP contribution in [0.25, 0.3) is 0 Å². The normalized spacial score (nSPS) is 16.5. The lowest BCUT2D eigenvalue weighted by Crippen LogP contribution is -2.53. The first-order valence-corrected chi connectivity index (χ1v) is 11.2. The monoisotopic (exact) mass is 432 g/mol. The van der Waals surface area contributed by atoms with Crippen molar-refractivity contribution >= 4 is 5.96 Å². The molecular formula is C23H34F2N6. The summed E-state index contributed by atoms with van der Waals surface area (Å²) in [6.07, 6.45) is 6.77. The minimum absolute atomic E-state index is 0.0376. The number of aromatic nitrogens is 2. The summed E-state index contributed by atoms with van der Waals surface area (Å²) in [5.74, 6) is 0.973. The number of imidazole rings is 1. The summed E-state index contributed by atoms with van der Waals surface area (Å²) >= 11 is 0. The van der Waals surface area contributed by atoms with Gasteiger partial charge in [0.15, 0.2) is 5.96 Å². The highest BCUT2D eigenvalue weighted by atomic mass is 19.1. The molecule has 0 spiro atoms. The van der Waals surface area contributed by atoms with Crippen molar-refractivity contribution in [3.63, 3.8) is 0 Å². The van der Waals surface area contributed by atoms with Crippen LogP contribution in [0.3, 0.4) is 0 Å². The molecule has 6 nitrogen and oxygen atoms in total. The highest BCUT2D eigenvalue weighted by Gasteiger charge is 2.27. The molecule has 1 fully saturated rings. The first-order valence-electron chi connectivity index (χ1n) is 11.2. The molecule has 1 aromatic heterocycles. The van der Waals surface area contributed by atoms with Crippen LogP contribution >= 0.6 is 0 Å². The number of aryl methyl sites for hydroxylation is 2. The molecule has 0 amide bonds. The van der Waals surface area contributed by atoms with Gasteiger partial charge in [-0.15, -0.1) is 0 Å². The molecule has 0 bridgehead atoms. The lowest BCUT2D eigenvalue weighted by atomic mass is 10.0. The Labute approximate surface area is 184 Å². The summed E-state index contributed by atoms with van der Waals surface area (Å²) in [5.41, 5.74) is 0.577. The van der Waals surface area contributed by atoms with Gasteiger partial charge in [-0.3, -0.25) is 9.89 Å². The van der Waals surface area contributed by atoms with E-state index in [1.54, 1.807) is 6.07 Å². The van der Waals surface area contributed by atoms with Crippen molar-refractivity contribution in [2.24, 2.45) is 4.99 Å². The van der Waals surface area contributed by atoms with Gasteiger partial charge >= 0.3 is 0 Å². The zero-order valence-electron chi connectivity index (χ0n) is 18.8. The van der Waals surface area contributed by atoms with E-state index < -0.39 is 11.6 Å². The van der Waals surface area contributed by atoms with Gasteiger partial charge in [-0.05, 0) is 32.3 Å². The number of aliphatic imine (C=N–C) groups is 1. The first-order chi connectivity index (χ1) is 15.0.